The molecule has 2 N–H and O–H groups in total. The Hall–Kier alpha value is -2.40. The van der Waals surface area contributed by atoms with E-state index in [0.29, 0.717) is 6.54 Å². The Kier molecular flexibility index (Phi) is 7.16. The minimum atomic E-state index is -0.543. The summed E-state index contributed by atoms with van der Waals surface area (Å²) in [7, 11) is 0. The van der Waals surface area contributed by atoms with Crippen LogP contribution in [0.1, 0.15) is 59.9 Å². The summed E-state index contributed by atoms with van der Waals surface area (Å²) in [5.74, 6) is -0.450. The number of aliphatic hydroxyl groups excluding tert-OH is 1. The van der Waals surface area contributed by atoms with Crippen molar-refractivity contribution in [1.82, 2.24) is 9.88 Å². The van der Waals surface area contributed by atoms with E-state index in [1.54, 1.807) is 10.6 Å². The molecular weight excluding hydrogens is 328 g/mol. The van der Waals surface area contributed by atoms with Gasteiger partial charge in [-0.1, -0.05) is 50.6 Å². The zero-order valence-corrected chi connectivity index (χ0v) is 15.8. The van der Waals surface area contributed by atoms with Crippen LogP contribution in [0.5, 0.6) is 0 Å². The molecule has 2 aromatic rings. The van der Waals surface area contributed by atoms with Crippen LogP contribution in [-0.4, -0.2) is 22.2 Å². The van der Waals surface area contributed by atoms with E-state index < -0.39 is 11.9 Å². The number of carbonyl (C=O) groups is 1. The molecule has 0 fully saturated rings. The van der Waals surface area contributed by atoms with Gasteiger partial charge in [-0.25, -0.2) is 0 Å². The molecule has 5 nitrogen and oxygen atoms in total. The molecule has 1 amide bonds. The summed E-state index contributed by atoms with van der Waals surface area (Å²) in [6.07, 6.45) is 2.61. The second-order valence-corrected chi connectivity index (χ2v) is 6.47. The maximum atomic E-state index is 12.9. The van der Waals surface area contributed by atoms with Crippen molar-refractivity contribution < 1.29 is 9.90 Å². The number of hydrogen-bond acceptors (Lipinski definition) is 3. The van der Waals surface area contributed by atoms with E-state index in [-0.39, 0.29) is 17.7 Å². The molecule has 140 valence electrons. The minimum Gasteiger partial charge on any atom is -0.394 e. The molecule has 1 aromatic carbocycles. The number of nitrogens with one attached hydrogen (secondary N) is 1. The Morgan fingerprint density at radius 1 is 1.23 bits per heavy atom. The van der Waals surface area contributed by atoms with Gasteiger partial charge in [0, 0.05) is 12.2 Å². The van der Waals surface area contributed by atoms with Gasteiger partial charge in [-0.05, 0) is 37.0 Å². The largest absolute Gasteiger partial charge is 0.394 e. The van der Waals surface area contributed by atoms with Crippen LogP contribution < -0.4 is 10.9 Å². The standard InChI is InChI=1S/C21H28N2O3/c1-4-6-12-23-19(5-2)15(3)13-17(21(23)26)20(25)22-18(14-24)16-10-8-7-9-11-16/h7-11,13,18,24H,4-6,12,14H2,1-3H3,(H,22,25). The van der Waals surface area contributed by atoms with E-state index in [1.807, 2.05) is 44.2 Å². The van der Waals surface area contributed by atoms with Crippen LogP contribution in [0.3, 0.4) is 0 Å². The van der Waals surface area contributed by atoms with E-state index >= 15 is 0 Å². The molecule has 0 bridgehead atoms. The van der Waals surface area contributed by atoms with Crippen molar-refractivity contribution in [1.29, 1.82) is 0 Å². The van der Waals surface area contributed by atoms with Crippen molar-refractivity contribution in [2.75, 3.05) is 6.61 Å². The lowest BCUT2D eigenvalue weighted by atomic mass is 10.1. The third-order valence-corrected chi connectivity index (χ3v) is 4.62. The summed E-state index contributed by atoms with van der Waals surface area (Å²) in [6.45, 7) is 6.40. The van der Waals surface area contributed by atoms with Gasteiger partial charge in [0.2, 0.25) is 0 Å². The number of benzene rings is 1. The predicted octanol–water partition coefficient (Wildman–Crippen LogP) is 2.98. The quantitative estimate of drug-likeness (QED) is 0.764. The third-order valence-electron chi connectivity index (χ3n) is 4.62. The van der Waals surface area contributed by atoms with Crippen LogP contribution in [-0.2, 0) is 13.0 Å². The fourth-order valence-electron chi connectivity index (χ4n) is 3.18. The van der Waals surface area contributed by atoms with Gasteiger partial charge < -0.3 is 15.0 Å². The Bertz CT molecular complexity index is 797. The molecule has 0 saturated heterocycles. The number of aromatic nitrogens is 1. The molecule has 0 aliphatic rings. The van der Waals surface area contributed by atoms with E-state index in [4.69, 9.17) is 0 Å². The average molecular weight is 356 g/mol. The van der Waals surface area contributed by atoms with Crippen LogP contribution in [0, 0.1) is 6.92 Å². The summed E-state index contributed by atoms with van der Waals surface area (Å²) >= 11 is 0. The highest BCUT2D eigenvalue weighted by molar-refractivity contribution is 5.94. The van der Waals surface area contributed by atoms with Crippen molar-refractivity contribution in [3.63, 3.8) is 0 Å². The molecular formula is C21H28N2O3. The predicted molar refractivity (Wildman–Crippen MR) is 103 cm³/mol. The first-order valence-corrected chi connectivity index (χ1v) is 9.23. The number of nitrogens with zero attached hydrogens (tertiary/aromatic N) is 1. The molecule has 1 unspecified atom stereocenters. The van der Waals surface area contributed by atoms with Crippen molar-refractivity contribution in [2.45, 2.75) is 52.6 Å². The molecule has 0 aliphatic carbocycles. The van der Waals surface area contributed by atoms with E-state index in [1.165, 1.54) is 0 Å². The molecule has 1 aromatic heterocycles. The molecule has 2 rings (SSSR count). The van der Waals surface area contributed by atoms with Crippen molar-refractivity contribution in [3.05, 3.63) is 69.1 Å². The van der Waals surface area contributed by atoms with Gasteiger partial charge >= 0.3 is 0 Å². The van der Waals surface area contributed by atoms with Gasteiger partial charge in [0.25, 0.3) is 11.5 Å². The summed E-state index contributed by atoms with van der Waals surface area (Å²) in [6, 6.07) is 10.4. The Labute approximate surface area is 154 Å². The lowest BCUT2D eigenvalue weighted by Crippen LogP contribution is -2.37. The number of hydrogen-bond donors (Lipinski definition) is 2. The monoisotopic (exact) mass is 356 g/mol. The van der Waals surface area contributed by atoms with Crippen molar-refractivity contribution in [2.24, 2.45) is 0 Å². The van der Waals surface area contributed by atoms with Gasteiger partial charge in [0.15, 0.2) is 0 Å². The maximum Gasteiger partial charge on any atom is 0.263 e. The first-order chi connectivity index (χ1) is 12.5. The van der Waals surface area contributed by atoms with Gasteiger partial charge in [-0.3, -0.25) is 9.59 Å². The van der Waals surface area contributed by atoms with E-state index in [9.17, 15) is 14.7 Å². The topological polar surface area (TPSA) is 71.3 Å². The van der Waals surface area contributed by atoms with Crippen LogP contribution in [0.15, 0.2) is 41.2 Å². The number of aliphatic hydroxyl groups is 1. The normalized spacial score (nSPS) is 12.0. The Morgan fingerprint density at radius 2 is 1.92 bits per heavy atom. The summed E-state index contributed by atoms with van der Waals surface area (Å²) in [5, 5.41) is 12.4. The van der Waals surface area contributed by atoms with E-state index in [0.717, 1.165) is 36.1 Å². The number of carbonyl (C=O) groups excluding carboxylic acids is 1. The number of rotatable bonds is 8. The first kappa shape index (κ1) is 19.9. The van der Waals surface area contributed by atoms with Gasteiger partial charge in [-0.2, -0.15) is 0 Å². The zero-order chi connectivity index (χ0) is 19.1. The maximum absolute atomic E-state index is 12.9. The molecule has 0 saturated carbocycles. The lowest BCUT2D eigenvalue weighted by Gasteiger charge is -2.19. The van der Waals surface area contributed by atoms with Crippen LogP contribution in [0.25, 0.3) is 0 Å². The molecule has 1 heterocycles. The molecule has 1 atom stereocenters. The highest BCUT2D eigenvalue weighted by Crippen LogP contribution is 2.14. The molecule has 0 spiro atoms. The number of unbranched alkanes of at least 4 members (excludes halogenated alkanes) is 1. The van der Waals surface area contributed by atoms with E-state index in [2.05, 4.69) is 12.2 Å². The second-order valence-electron chi connectivity index (χ2n) is 6.47. The highest BCUT2D eigenvalue weighted by atomic mass is 16.3. The smallest absolute Gasteiger partial charge is 0.263 e. The Morgan fingerprint density at radius 3 is 2.50 bits per heavy atom. The SMILES string of the molecule is CCCCn1c(CC)c(C)cc(C(=O)NC(CO)c2ccccc2)c1=O. The fraction of sp³-hybridized carbons (Fsp3) is 0.429. The third kappa shape index (κ3) is 4.41. The molecule has 0 aliphatic heterocycles. The van der Waals surface area contributed by atoms with Gasteiger partial charge in [0.05, 0.1) is 12.6 Å². The number of aryl methyl sites for hydroxylation is 1. The van der Waals surface area contributed by atoms with Crippen LogP contribution in [0.4, 0.5) is 0 Å². The molecule has 0 radical (unpaired) electrons. The minimum absolute atomic E-state index is 0.130. The summed E-state index contributed by atoms with van der Waals surface area (Å²) in [4.78, 5) is 25.6. The second kappa shape index (κ2) is 9.34. The highest BCUT2D eigenvalue weighted by Gasteiger charge is 2.20. The molecule has 26 heavy (non-hydrogen) atoms. The summed E-state index contributed by atoms with van der Waals surface area (Å²) in [5.41, 5.74) is 2.58. The van der Waals surface area contributed by atoms with Crippen molar-refractivity contribution >= 4 is 5.91 Å². The van der Waals surface area contributed by atoms with Gasteiger partial charge in [0.1, 0.15) is 5.56 Å². The summed E-state index contributed by atoms with van der Waals surface area (Å²) < 4.78 is 1.73. The van der Waals surface area contributed by atoms with Crippen molar-refractivity contribution in [3.8, 4) is 0 Å². The lowest BCUT2D eigenvalue weighted by molar-refractivity contribution is 0.0914. The molecule has 5 heteroatoms. The number of pyridine rings is 1. The van der Waals surface area contributed by atoms with Crippen LogP contribution in [0.2, 0.25) is 0 Å². The van der Waals surface area contributed by atoms with Crippen LogP contribution >= 0.6 is 0 Å². The average Bonchev–Trinajstić information content (AvgIpc) is 2.66. The fourth-order valence-corrected chi connectivity index (χ4v) is 3.18. The number of amides is 1. The Balaban J connectivity index is 2.36. The zero-order valence-electron chi connectivity index (χ0n) is 15.8. The first-order valence-electron chi connectivity index (χ1n) is 9.23. The van der Waals surface area contributed by atoms with Gasteiger partial charge in [-0.15, -0.1) is 0 Å².